The molecule has 0 aliphatic carbocycles. The topological polar surface area (TPSA) is 24.7 Å². The Balaban J connectivity index is 0.000000360. The van der Waals surface area contributed by atoms with E-state index in [0.29, 0.717) is 6.04 Å². The molecule has 0 N–H and O–H groups in total. The smallest absolute Gasteiger partial charge is 0.0799 e. The van der Waals surface area contributed by atoms with Crippen molar-refractivity contribution in [1.82, 2.24) is 0 Å². The van der Waals surface area contributed by atoms with Crippen molar-refractivity contribution < 1.29 is 0 Å². The third kappa shape index (κ3) is 2.48. The number of rotatable bonds is 0. The van der Waals surface area contributed by atoms with Crippen molar-refractivity contribution in [2.45, 2.75) is 13.0 Å². The second-order valence-corrected chi connectivity index (χ2v) is 2.10. The lowest BCUT2D eigenvalue weighted by Crippen LogP contribution is -1.92. The van der Waals surface area contributed by atoms with E-state index >= 15 is 0 Å². The Bertz CT molecular complexity index is 75.3. The molecule has 0 fully saturated rings. The fraction of sp³-hybridized carbons (Fsp3) is 1.00. The van der Waals surface area contributed by atoms with E-state index in [2.05, 4.69) is 16.6 Å². The molecule has 42 valence electrons. The van der Waals surface area contributed by atoms with E-state index in [9.17, 15) is 0 Å². The first-order chi connectivity index (χ1) is 2.89. The maximum absolute atomic E-state index is 3.82. The molecule has 1 heterocycles. The van der Waals surface area contributed by atoms with Crippen molar-refractivity contribution in [2.75, 3.05) is 5.75 Å². The van der Waals surface area contributed by atoms with Crippen molar-refractivity contribution in [3.8, 4) is 0 Å². The van der Waals surface area contributed by atoms with E-state index in [0.717, 1.165) is 5.75 Å². The van der Waals surface area contributed by atoms with Gasteiger partial charge in [-0.1, -0.05) is 0 Å². The van der Waals surface area contributed by atoms with Gasteiger partial charge in [-0.2, -0.15) is 5.11 Å². The van der Waals surface area contributed by atoms with Crippen molar-refractivity contribution in [3.05, 3.63) is 0 Å². The Hall–Kier alpha value is 0.680. The van der Waals surface area contributed by atoms with Crippen LogP contribution in [0.2, 0.25) is 0 Å². The van der Waals surface area contributed by atoms with Gasteiger partial charge in [0.05, 0.1) is 6.04 Å². The molecule has 0 saturated carbocycles. The van der Waals surface area contributed by atoms with Crippen molar-refractivity contribution in [2.24, 2.45) is 9.63 Å². The molecule has 1 unspecified atom stereocenters. The summed E-state index contributed by atoms with van der Waals surface area (Å²) in [5.74, 6) is 1.07. The maximum atomic E-state index is 3.82. The van der Waals surface area contributed by atoms with E-state index in [4.69, 9.17) is 0 Å². The van der Waals surface area contributed by atoms with Gasteiger partial charge in [0, 0.05) is 5.75 Å². The molecular weight excluding hydrogens is 223 g/mol. The largest absolute Gasteiger partial charge is 0.178 e. The minimum absolute atomic E-state index is 0. The van der Waals surface area contributed by atoms with Crippen LogP contribution < -0.4 is 0 Å². The first-order valence-electron chi connectivity index (χ1n) is 1.92. The van der Waals surface area contributed by atoms with E-state index in [1.807, 2.05) is 0 Å². The fourth-order valence-electron chi connectivity index (χ4n) is 0.288. The predicted molar refractivity (Wildman–Crippen MR) is 42.2 cm³/mol. The lowest BCUT2D eigenvalue weighted by molar-refractivity contribution is 0.831. The first-order valence-corrected chi connectivity index (χ1v) is 2.86. The van der Waals surface area contributed by atoms with Crippen LogP contribution in [0, 0.1) is 0 Å². The summed E-state index contributed by atoms with van der Waals surface area (Å²) in [6.45, 7) is 2.06. The Kier molecular flexibility index (Phi) is 4.01. The number of halogens is 1. The minimum atomic E-state index is 0. The van der Waals surface area contributed by atoms with Crippen LogP contribution in [-0.2, 0) is 0 Å². The molecule has 0 amide bonds. The lowest BCUT2D eigenvalue weighted by Gasteiger charge is -1.83. The predicted octanol–water partition coefficient (Wildman–Crippen LogP) is 2.11. The average Bonchev–Trinajstić information content (AvgIpc) is 1.86. The van der Waals surface area contributed by atoms with Crippen LogP contribution in [0.5, 0.6) is 0 Å². The lowest BCUT2D eigenvalue weighted by atomic mass is 10.4. The van der Waals surface area contributed by atoms with Crippen molar-refractivity contribution in [3.63, 3.8) is 0 Å². The highest BCUT2D eigenvalue weighted by Crippen LogP contribution is 2.15. The second kappa shape index (κ2) is 3.65. The molecule has 1 aliphatic heterocycles. The van der Waals surface area contributed by atoms with Gasteiger partial charge < -0.3 is 0 Å². The van der Waals surface area contributed by atoms with Gasteiger partial charge in [0.1, 0.15) is 0 Å². The molecule has 4 heteroatoms. The third-order valence-electron chi connectivity index (χ3n) is 0.618. The number of hydrogen-bond donors (Lipinski definition) is 0. The molecule has 1 atom stereocenters. The number of nitrogens with zero attached hydrogens (tertiary/aromatic N) is 2. The highest BCUT2D eigenvalue weighted by atomic mass is 127. The van der Waals surface area contributed by atoms with Gasteiger partial charge in [-0.25, -0.2) is 0 Å². The molecule has 0 aromatic carbocycles. The molecular formula is C3H7IN2S. The van der Waals surface area contributed by atoms with Gasteiger partial charge in [0.15, 0.2) is 0 Å². The van der Waals surface area contributed by atoms with Gasteiger partial charge in [0.2, 0.25) is 0 Å². The molecule has 0 aromatic heterocycles. The SMILES string of the molecule is CC1CSN=N1.I. The molecule has 0 spiro atoms. The minimum Gasteiger partial charge on any atom is -0.178 e. The Morgan fingerprint density at radius 1 is 1.71 bits per heavy atom. The van der Waals surface area contributed by atoms with Gasteiger partial charge in [-0.05, 0) is 18.9 Å². The third-order valence-corrected chi connectivity index (χ3v) is 1.46. The highest BCUT2D eigenvalue weighted by Gasteiger charge is 2.03. The van der Waals surface area contributed by atoms with E-state index < -0.39 is 0 Å². The molecule has 1 aliphatic rings. The zero-order valence-corrected chi connectivity index (χ0v) is 7.14. The summed E-state index contributed by atoms with van der Waals surface area (Å²) in [4.78, 5) is 0. The Morgan fingerprint density at radius 2 is 2.43 bits per heavy atom. The van der Waals surface area contributed by atoms with Crippen LogP contribution in [0.3, 0.4) is 0 Å². The van der Waals surface area contributed by atoms with Crippen molar-refractivity contribution in [1.29, 1.82) is 0 Å². The van der Waals surface area contributed by atoms with Crippen molar-refractivity contribution >= 4 is 35.9 Å². The van der Waals surface area contributed by atoms with Gasteiger partial charge in [-0.3, -0.25) is 0 Å². The summed E-state index contributed by atoms with van der Waals surface area (Å²) >= 11 is 1.54. The van der Waals surface area contributed by atoms with E-state index in [1.54, 1.807) is 11.9 Å². The molecule has 0 bridgehead atoms. The van der Waals surface area contributed by atoms with Gasteiger partial charge in [0.25, 0.3) is 0 Å². The van der Waals surface area contributed by atoms with Crippen LogP contribution in [-0.4, -0.2) is 11.8 Å². The molecule has 1 rings (SSSR count). The average molecular weight is 230 g/mol. The van der Waals surface area contributed by atoms with Gasteiger partial charge in [-0.15, -0.1) is 28.5 Å². The highest BCUT2D eigenvalue weighted by molar-refractivity contribution is 14.0. The zero-order chi connectivity index (χ0) is 4.41. The van der Waals surface area contributed by atoms with E-state index in [-0.39, 0.29) is 24.0 Å². The van der Waals surface area contributed by atoms with E-state index in [1.165, 1.54) is 0 Å². The molecule has 7 heavy (non-hydrogen) atoms. The summed E-state index contributed by atoms with van der Waals surface area (Å²) in [5, 5.41) is 3.82. The van der Waals surface area contributed by atoms with Crippen LogP contribution >= 0.6 is 35.9 Å². The quantitative estimate of drug-likeness (QED) is 0.462. The summed E-state index contributed by atoms with van der Waals surface area (Å²) < 4.78 is 3.71. The Labute approximate surface area is 64.3 Å². The van der Waals surface area contributed by atoms with Crippen LogP contribution in [0.1, 0.15) is 6.92 Å². The first kappa shape index (κ1) is 7.68. The van der Waals surface area contributed by atoms with Crippen LogP contribution in [0.4, 0.5) is 0 Å². The molecule has 0 saturated heterocycles. The number of hydrogen-bond acceptors (Lipinski definition) is 3. The fourth-order valence-corrected chi connectivity index (χ4v) is 0.865. The van der Waals surface area contributed by atoms with Crippen LogP contribution in [0.15, 0.2) is 9.63 Å². The molecule has 2 nitrogen and oxygen atoms in total. The second-order valence-electron chi connectivity index (χ2n) is 1.34. The monoisotopic (exact) mass is 230 g/mol. The standard InChI is InChI=1S/C3H6N2S.HI/c1-3-2-6-5-4-3;/h3H,2H2,1H3;1H. The normalized spacial score (nSPS) is 27.3. The summed E-state index contributed by atoms with van der Waals surface area (Å²) in [6.07, 6.45) is 0. The molecule has 0 aromatic rings. The van der Waals surface area contributed by atoms with Gasteiger partial charge >= 0.3 is 0 Å². The molecule has 0 radical (unpaired) electrons. The maximum Gasteiger partial charge on any atom is 0.0799 e. The summed E-state index contributed by atoms with van der Waals surface area (Å²) in [6, 6.07) is 0.468. The zero-order valence-electron chi connectivity index (χ0n) is 4.00. The summed E-state index contributed by atoms with van der Waals surface area (Å²) in [7, 11) is 0. The Morgan fingerprint density at radius 3 is 2.57 bits per heavy atom. The summed E-state index contributed by atoms with van der Waals surface area (Å²) in [5.41, 5.74) is 0. The van der Waals surface area contributed by atoms with Crippen LogP contribution in [0.25, 0.3) is 0 Å².